The van der Waals surface area contributed by atoms with Crippen molar-refractivity contribution in [3.8, 4) is 5.75 Å². The van der Waals surface area contributed by atoms with Crippen LogP contribution < -0.4 is 4.74 Å². The first-order valence-corrected chi connectivity index (χ1v) is 7.25. The minimum Gasteiger partial charge on any atom is -0.452 e. The Labute approximate surface area is 128 Å². The molecule has 22 heavy (non-hydrogen) atoms. The van der Waals surface area contributed by atoms with E-state index in [1.165, 1.54) is 0 Å². The van der Waals surface area contributed by atoms with Gasteiger partial charge in [-0.05, 0) is 41.5 Å². The fourth-order valence-corrected chi connectivity index (χ4v) is 2.82. The summed E-state index contributed by atoms with van der Waals surface area (Å²) in [5, 5.41) is 2.26. The van der Waals surface area contributed by atoms with Crippen LogP contribution in [0.5, 0.6) is 5.75 Å². The Morgan fingerprint density at radius 2 is 1.77 bits per heavy atom. The lowest BCUT2D eigenvalue weighted by Gasteiger charge is -2.03. The van der Waals surface area contributed by atoms with Gasteiger partial charge in [-0.1, -0.05) is 54.1 Å². The molecule has 0 atom stereocenters. The van der Waals surface area contributed by atoms with E-state index in [0.717, 1.165) is 21.9 Å². The van der Waals surface area contributed by atoms with Crippen molar-refractivity contribution in [3.05, 3.63) is 83.1 Å². The summed E-state index contributed by atoms with van der Waals surface area (Å²) in [6, 6.07) is 19.9. The van der Waals surface area contributed by atoms with E-state index in [1.54, 1.807) is 0 Å². The fourth-order valence-electron chi connectivity index (χ4n) is 2.82. The third-order valence-corrected chi connectivity index (χ3v) is 3.93. The summed E-state index contributed by atoms with van der Waals surface area (Å²) in [4.78, 5) is 12.5. The highest BCUT2D eigenvalue weighted by Crippen LogP contribution is 2.33. The minimum atomic E-state index is -0.0494. The molecule has 0 N–H and O–H groups in total. The maximum absolute atomic E-state index is 12.5. The van der Waals surface area contributed by atoms with Crippen LogP contribution in [0.3, 0.4) is 0 Å². The number of carbonyl (C=O) groups excluding carboxylic acids is 1. The van der Waals surface area contributed by atoms with Gasteiger partial charge in [-0.2, -0.15) is 0 Å². The number of benzene rings is 3. The maximum atomic E-state index is 12.5. The van der Waals surface area contributed by atoms with Gasteiger partial charge in [0, 0.05) is 0 Å². The standard InChI is InChI=1S/C20H14O2/c1-13-9-10-18-17(11-13)20(21)19(22-18)12-15-7-4-6-14-5-2-3-8-16(14)15/h2-12H,1H3/b19-12-. The largest absolute Gasteiger partial charge is 0.452 e. The highest BCUT2D eigenvalue weighted by Gasteiger charge is 2.27. The van der Waals surface area contributed by atoms with Gasteiger partial charge in [0.25, 0.3) is 0 Å². The van der Waals surface area contributed by atoms with Crippen LogP contribution in [0.1, 0.15) is 21.5 Å². The number of Topliss-reactive ketones (excluding diaryl/α,β-unsaturated/α-hetero) is 1. The SMILES string of the molecule is Cc1ccc2c(c1)C(=O)/C(=C/c1cccc3ccccc13)O2. The first-order valence-electron chi connectivity index (χ1n) is 7.25. The molecule has 2 nitrogen and oxygen atoms in total. The molecule has 4 rings (SSSR count). The molecule has 2 heteroatoms. The van der Waals surface area contributed by atoms with E-state index in [1.807, 2.05) is 55.5 Å². The first-order chi connectivity index (χ1) is 10.7. The number of aryl methyl sites for hydroxylation is 1. The average molecular weight is 286 g/mol. The number of hydrogen-bond acceptors (Lipinski definition) is 2. The van der Waals surface area contributed by atoms with Crippen molar-refractivity contribution < 1.29 is 9.53 Å². The molecule has 0 bridgehead atoms. The van der Waals surface area contributed by atoms with E-state index in [-0.39, 0.29) is 5.78 Å². The molecule has 3 aromatic carbocycles. The van der Waals surface area contributed by atoms with Crippen molar-refractivity contribution in [1.29, 1.82) is 0 Å². The smallest absolute Gasteiger partial charge is 0.231 e. The van der Waals surface area contributed by atoms with Gasteiger partial charge in [0.2, 0.25) is 5.78 Å². The number of rotatable bonds is 1. The third-order valence-electron chi connectivity index (χ3n) is 3.93. The maximum Gasteiger partial charge on any atom is 0.231 e. The molecule has 0 saturated carbocycles. The Morgan fingerprint density at radius 3 is 2.68 bits per heavy atom. The monoisotopic (exact) mass is 286 g/mol. The summed E-state index contributed by atoms with van der Waals surface area (Å²) in [6.45, 7) is 1.97. The molecule has 0 fully saturated rings. The number of hydrogen-bond donors (Lipinski definition) is 0. The number of allylic oxidation sites excluding steroid dienone is 1. The van der Waals surface area contributed by atoms with E-state index in [4.69, 9.17) is 4.74 Å². The van der Waals surface area contributed by atoms with Gasteiger partial charge in [-0.3, -0.25) is 4.79 Å². The molecule has 1 aliphatic heterocycles. The van der Waals surface area contributed by atoms with Crippen LogP contribution in [0.25, 0.3) is 16.8 Å². The molecule has 0 aromatic heterocycles. The van der Waals surface area contributed by atoms with Crippen LogP contribution in [0, 0.1) is 6.92 Å². The van der Waals surface area contributed by atoms with Gasteiger partial charge in [0.1, 0.15) is 5.75 Å². The molecule has 0 amide bonds. The molecule has 3 aromatic rings. The zero-order valence-corrected chi connectivity index (χ0v) is 12.2. The average Bonchev–Trinajstić information content (AvgIpc) is 2.84. The number of carbonyl (C=O) groups is 1. The normalized spacial score (nSPS) is 15.1. The van der Waals surface area contributed by atoms with Crippen LogP contribution in [-0.2, 0) is 0 Å². The molecule has 0 unspecified atom stereocenters. The number of fused-ring (bicyclic) bond motifs is 2. The summed E-state index contributed by atoms with van der Waals surface area (Å²) in [7, 11) is 0. The second kappa shape index (κ2) is 4.85. The molecule has 0 saturated heterocycles. The van der Waals surface area contributed by atoms with Gasteiger partial charge in [-0.25, -0.2) is 0 Å². The highest BCUT2D eigenvalue weighted by atomic mass is 16.5. The summed E-state index contributed by atoms with van der Waals surface area (Å²) >= 11 is 0. The summed E-state index contributed by atoms with van der Waals surface area (Å²) in [5.74, 6) is 0.977. The van der Waals surface area contributed by atoms with Crippen molar-refractivity contribution >= 4 is 22.6 Å². The van der Waals surface area contributed by atoms with Crippen molar-refractivity contribution in [2.75, 3.05) is 0 Å². The molecule has 1 heterocycles. The van der Waals surface area contributed by atoms with Crippen molar-refractivity contribution in [3.63, 3.8) is 0 Å². The Hall–Kier alpha value is -2.87. The Balaban J connectivity index is 1.83. The lowest BCUT2D eigenvalue weighted by atomic mass is 10.0. The van der Waals surface area contributed by atoms with Crippen molar-refractivity contribution in [2.45, 2.75) is 6.92 Å². The van der Waals surface area contributed by atoms with Crippen LogP contribution >= 0.6 is 0 Å². The van der Waals surface area contributed by atoms with Crippen LogP contribution in [0.15, 0.2) is 66.4 Å². The number of ether oxygens (including phenoxy) is 1. The summed E-state index contributed by atoms with van der Waals surface area (Å²) in [6.07, 6.45) is 1.83. The predicted molar refractivity (Wildman–Crippen MR) is 88.1 cm³/mol. The Morgan fingerprint density at radius 1 is 0.955 bits per heavy atom. The second-order valence-corrected chi connectivity index (χ2v) is 5.51. The zero-order chi connectivity index (χ0) is 15.1. The van der Waals surface area contributed by atoms with E-state index in [2.05, 4.69) is 18.2 Å². The summed E-state index contributed by atoms with van der Waals surface area (Å²) < 4.78 is 5.74. The molecule has 0 spiro atoms. The first kappa shape index (κ1) is 12.8. The van der Waals surface area contributed by atoms with Gasteiger partial charge in [0.05, 0.1) is 5.56 Å². The quantitative estimate of drug-likeness (QED) is 0.603. The van der Waals surface area contributed by atoms with Crippen LogP contribution in [0.2, 0.25) is 0 Å². The highest BCUT2D eigenvalue weighted by molar-refractivity contribution is 6.15. The molecule has 1 aliphatic rings. The van der Waals surface area contributed by atoms with E-state index in [0.29, 0.717) is 17.1 Å². The lowest BCUT2D eigenvalue weighted by molar-refractivity contribution is 0.101. The second-order valence-electron chi connectivity index (χ2n) is 5.51. The van der Waals surface area contributed by atoms with Gasteiger partial charge >= 0.3 is 0 Å². The fraction of sp³-hybridized carbons (Fsp3) is 0.0500. The van der Waals surface area contributed by atoms with Gasteiger partial charge in [0.15, 0.2) is 5.76 Å². The van der Waals surface area contributed by atoms with Crippen LogP contribution in [0.4, 0.5) is 0 Å². The zero-order valence-electron chi connectivity index (χ0n) is 12.2. The molecular weight excluding hydrogens is 272 g/mol. The minimum absolute atomic E-state index is 0.0494. The predicted octanol–water partition coefficient (Wildman–Crippen LogP) is 4.76. The van der Waals surface area contributed by atoms with Crippen molar-refractivity contribution in [1.82, 2.24) is 0 Å². The van der Waals surface area contributed by atoms with E-state index < -0.39 is 0 Å². The van der Waals surface area contributed by atoms with Crippen LogP contribution in [-0.4, -0.2) is 5.78 Å². The Bertz CT molecular complexity index is 930. The van der Waals surface area contributed by atoms with Gasteiger partial charge in [-0.15, -0.1) is 0 Å². The van der Waals surface area contributed by atoms with E-state index in [9.17, 15) is 4.79 Å². The molecule has 106 valence electrons. The molecular formula is C20H14O2. The topological polar surface area (TPSA) is 26.3 Å². The Kier molecular flexibility index (Phi) is 2.83. The summed E-state index contributed by atoms with van der Waals surface area (Å²) in [5.41, 5.74) is 2.69. The van der Waals surface area contributed by atoms with Gasteiger partial charge < -0.3 is 4.74 Å². The lowest BCUT2D eigenvalue weighted by Crippen LogP contribution is -1.98. The molecule has 0 aliphatic carbocycles. The van der Waals surface area contributed by atoms with E-state index >= 15 is 0 Å². The molecule has 0 radical (unpaired) electrons. The van der Waals surface area contributed by atoms with Crippen molar-refractivity contribution in [2.24, 2.45) is 0 Å². The third kappa shape index (κ3) is 2.01. The number of ketones is 1.